The molecule has 1 rings (SSSR count). The van der Waals surface area contributed by atoms with Gasteiger partial charge >= 0.3 is 5.97 Å². The number of ether oxygens (including phenoxy) is 1. The lowest BCUT2D eigenvalue weighted by Gasteiger charge is -2.17. The van der Waals surface area contributed by atoms with E-state index in [4.69, 9.17) is 16.3 Å². The molecule has 0 aliphatic carbocycles. The predicted octanol–water partition coefficient (Wildman–Crippen LogP) is 2.30. The Bertz CT molecular complexity index is 422. The van der Waals surface area contributed by atoms with E-state index in [2.05, 4.69) is 5.32 Å². The highest BCUT2D eigenvalue weighted by molar-refractivity contribution is 6.27. The number of benzene rings is 1. The molecule has 1 aromatic carbocycles. The van der Waals surface area contributed by atoms with Gasteiger partial charge < -0.3 is 10.1 Å². The molecule has 0 aliphatic rings. The minimum atomic E-state index is -0.694. The number of esters is 1. The Balaban J connectivity index is 2.64. The number of carbonyl (C=O) groups excluding carboxylic acids is 2. The highest BCUT2D eigenvalue weighted by Crippen LogP contribution is 2.05. The molecule has 0 radical (unpaired) electrons. The zero-order valence-corrected chi connectivity index (χ0v) is 12.4. The van der Waals surface area contributed by atoms with Crippen LogP contribution in [0.15, 0.2) is 30.3 Å². The maximum absolute atomic E-state index is 12.0. The van der Waals surface area contributed by atoms with Crippen molar-refractivity contribution in [3.05, 3.63) is 35.9 Å². The Morgan fingerprint density at radius 3 is 2.60 bits per heavy atom. The van der Waals surface area contributed by atoms with E-state index in [9.17, 15) is 9.59 Å². The highest BCUT2D eigenvalue weighted by atomic mass is 35.5. The van der Waals surface area contributed by atoms with Gasteiger partial charge in [0.15, 0.2) is 0 Å². The van der Waals surface area contributed by atoms with E-state index in [-0.39, 0.29) is 11.8 Å². The monoisotopic (exact) mass is 297 g/mol. The summed E-state index contributed by atoms with van der Waals surface area (Å²) in [6, 6.07) is 8.78. The predicted molar refractivity (Wildman–Crippen MR) is 78.7 cm³/mol. The average molecular weight is 298 g/mol. The van der Waals surface area contributed by atoms with Crippen LogP contribution in [0.2, 0.25) is 0 Å². The topological polar surface area (TPSA) is 55.4 Å². The molecule has 0 bridgehead atoms. The third kappa shape index (κ3) is 6.06. The van der Waals surface area contributed by atoms with Gasteiger partial charge in [0.05, 0.1) is 6.61 Å². The van der Waals surface area contributed by atoms with Crippen molar-refractivity contribution in [3.63, 3.8) is 0 Å². The van der Waals surface area contributed by atoms with E-state index >= 15 is 0 Å². The van der Waals surface area contributed by atoms with Gasteiger partial charge in [-0.2, -0.15) is 0 Å². The van der Waals surface area contributed by atoms with Crippen LogP contribution in [0.25, 0.3) is 0 Å². The molecule has 20 heavy (non-hydrogen) atoms. The second-order valence-corrected chi connectivity index (χ2v) is 4.73. The molecule has 1 unspecified atom stereocenters. The first-order valence-electron chi connectivity index (χ1n) is 6.73. The highest BCUT2D eigenvalue weighted by Gasteiger charge is 2.22. The van der Waals surface area contributed by atoms with Crippen LogP contribution in [0.4, 0.5) is 0 Å². The number of hydrogen-bond acceptors (Lipinski definition) is 3. The third-order valence-corrected chi connectivity index (χ3v) is 3.01. The standard InChI is InChI=1S/C15H20ClNO3/c1-2-3-9-20-15(19)13(17-14(18)11-16)10-12-7-5-4-6-8-12/h4-8,13H,2-3,9-11H2,1H3,(H,17,18). The van der Waals surface area contributed by atoms with Gasteiger partial charge in [0.25, 0.3) is 0 Å². The fourth-order valence-corrected chi connectivity index (χ4v) is 1.77. The Morgan fingerprint density at radius 2 is 2.00 bits per heavy atom. The molecule has 1 amide bonds. The summed E-state index contributed by atoms with van der Waals surface area (Å²) in [5.41, 5.74) is 0.958. The van der Waals surface area contributed by atoms with Crippen LogP contribution in [0.5, 0.6) is 0 Å². The minimum Gasteiger partial charge on any atom is -0.464 e. The second kappa shape index (κ2) is 9.37. The molecule has 1 aromatic rings. The Morgan fingerprint density at radius 1 is 1.30 bits per heavy atom. The Kier molecular flexibility index (Phi) is 7.73. The summed E-state index contributed by atoms with van der Waals surface area (Å²) in [6.45, 7) is 2.39. The SMILES string of the molecule is CCCCOC(=O)C(Cc1ccccc1)NC(=O)CCl. The van der Waals surface area contributed by atoms with E-state index in [1.165, 1.54) is 0 Å². The van der Waals surface area contributed by atoms with Crippen LogP contribution < -0.4 is 5.32 Å². The van der Waals surface area contributed by atoms with E-state index < -0.39 is 12.0 Å². The molecule has 4 nitrogen and oxygen atoms in total. The summed E-state index contributed by atoms with van der Waals surface area (Å²) in [6.07, 6.45) is 2.16. The van der Waals surface area contributed by atoms with Crippen molar-refractivity contribution in [1.29, 1.82) is 0 Å². The molecule has 5 heteroatoms. The van der Waals surface area contributed by atoms with Crippen molar-refractivity contribution < 1.29 is 14.3 Å². The molecule has 0 saturated carbocycles. The van der Waals surface area contributed by atoms with Gasteiger partial charge in [0.1, 0.15) is 11.9 Å². The quantitative estimate of drug-likeness (QED) is 0.455. The molecular weight excluding hydrogens is 278 g/mol. The van der Waals surface area contributed by atoms with Gasteiger partial charge in [-0.1, -0.05) is 43.7 Å². The molecule has 0 saturated heterocycles. The van der Waals surface area contributed by atoms with Crippen molar-refractivity contribution >= 4 is 23.5 Å². The van der Waals surface area contributed by atoms with Gasteiger partial charge in [0, 0.05) is 6.42 Å². The first-order chi connectivity index (χ1) is 9.67. The van der Waals surface area contributed by atoms with Crippen LogP contribution in [-0.2, 0) is 20.7 Å². The van der Waals surface area contributed by atoms with Gasteiger partial charge in [0.2, 0.25) is 5.91 Å². The number of nitrogens with one attached hydrogen (secondary N) is 1. The van der Waals surface area contributed by atoms with Gasteiger partial charge in [-0.3, -0.25) is 4.79 Å². The number of alkyl halides is 1. The lowest BCUT2D eigenvalue weighted by Crippen LogP contribution is -2.44. The summed E-state index contributed by atoms with van der Waals surface area (Å²) >= 11 is 5.47. The van der Waals surface area contributed by atoms with Crippen molar-refractivity contribution in [1.82, 2.24) is 5.32 Å². The zero-order valence-electron chi connectivity index (χ0n) is 11.6. The molecule has 0 fully saturated rings. The first kappa shape index (κ1) is 16.5. The Hall–Kier alpha value is -1.55. The van der Waals surface area contributed by atoms with Gasteiger partial charge in [-0.15, -0.1) is 11.6 Å². The summed E-state index contributed by atoms with van der Waals surface area (Å²) in [4.78, 5) is 23.4. The first-order valence-corrected chi connectivity index (χ1v) is 7.26. The lowest BCUT2D eigenvalue weighted by molar-refractivity contribution is -0.147. The van der Waals surface area contributed by atoms with E-state index in [1.807, 2.05) is 37.3 Å². The van der Waals surface area contributed by atoms with Crippen LogP contribution in [-0.4, -0.2) is 30.4 Å². The molecular formula is C15H20ClNO3. The number of carbonyl (C=O) groups is 2. The second-order valence-electron chi connectivity index (χ2n) is 4.46. The van der Waals surface area contributed by atoms with Crippen LogP contribution >= 0.6 is 11.6 Å². The van der Waals surface area contributed by atoms with Gasteiger partial charge in [-0.05, 0) is 12.0 Å². The summed E-state index contributed by atoms with van der Waals surface area (Å²) in [5, 5.41) is 2.60. The molecule has 110 valence electrons. The molecule has 0 aliphatic heterocycles. The average Bonchev–Trinajstić information content (AvgIpc) is 2.47. The van der Waals surface area contributed by atoms with Crippen LogP contribution in [0.3, 0.4) is 0 Å². The largest absolute Gasteiger partial charge is 0.464 e. The lowest BCUT2D eigenvalue weighted by atomic mass is 10.1. The maximum Gasteiger partial charge on any atom is 0.328 e. The van der Waals surface area contributed by atoms with Crippen molar-refractivity contribution in [2.45, 2.75) is 32.2 Å². The third-order valence-electron chi connectivity index (χ3n) is 2.77. The zero-order chi connectivity index (χ0) is 14.8. The van der Waals surface area contributed by atoms with Crippen LogP contribution in [0.1, 0.15) is 25.3 Å². The minimum absolute atomic E-state index is 0.173. The normalized spacial score (nSPS) is 11.7. The van der Waals surface area contributed by atoms with Crippen molar-refractivity contribution in [2.24, 2.45) is 0 Å². The summed E-state index contributed by atoms with van der Waals surface area (Å²) in [5.74, 6) is -0.964. The summed E-state index contributed by atoms with van der Waals surface area (Å²) in [7, 11) is 0. The van der Waals surface area contributed by atoms with Crippen molar-refractivity contribution in [3.8, 4) is 0 Å². The fraction of sp³-hybridized carbons (Fsp3) is 0.467. The molecule has 1 N–H and O–H groups in total. The number of halogens is 1. The summed E-state index contributed by atoms with van der Waals surface area (Å²) < 4.78 is 5.17. The van der Waals surface area contributed by atoms with Gasteiger partial charge in [-0.25, -0.2) is 4.79 Å². The number of unbranched alkanes of at least 4 members (excludes halogenated alkanes) is 1. The number of amides is 1. The molecule has 0 spiro atoms. The van der Waals surface area contributed by atoms with E-state index in [1.54, 1.807) is 0 Å². The number of rotatable bonds is 8. The maximum atomic E-state index is 12.0. The van der Waals surface area contributed by atoms with Crippen LogP contribution in [0, 0.1) is 0 Å². The van der Waals surface area contributed by atoms with Crippen molar-refractivity contribution in [2.75, 3.05) is 12.5 Å². The molecule has 0 heterocycles. The fourth-order valence-electron chi connectivity index (χ4n) is 1.69. The van der Waals surface area contributed by atoms with E-state index in [0.717, 1.165) is 18.4 Å². The smallest absolute Gasteiger partial charge is 0.328 e. The Labute approximate surface area is 124 Å². The number of hydrogen-bond donors (Lipinski definition) is 1. The van der Waals surface area contributed by atoms with E-state index in [0.29, 0.717) is 13.0 Å². The molecule has 0 aromatic heterocycles. The molecule has 1 atom stereocenters.